The van der Waals surface area contributed by atoms with Gasteiger partial charge in [-0.2, -0.15) is 5.26 Å². The van der Waals surface area contributed by atoms with Gasteiger partial charge in [0, 0.05) is 28.0 Å². The molecule has 0 saturated carbocycles. The van der Waals surface area contributed by atoms with Crippen molar-refractivity contribution in [2.45, 2.75) is 6.54 Å². The summed E-state index contributed by atoms with van der Waals surface area (Å²) in [6, 6.07) is 12.8. The SMILES string of the molecule is N#Cc1cc2[nH]cnc2cc1NCc1cc2cc(Cl)ccc2[nH]c1=O. The van der Waals surface area contributed by atoms with Gasteiger partial charge in [0.15, 0.2) is 0 Å². The summed E-state index contributed by atoms with van der Waals surface area (Å²) in [5, 5.41) is 13.9. The molecule has 2 heterocycles. The van der Waals surface area contributed by atoms with Crippen LogP contribution in [0.2, 0.25) is 5.02 Å². The summed E-state index contributed by atoms with van der Waals surface area (Å²) < 4.78 is 0. The number of nitriles is 1. The van der Waals surface area contributed by atoms with E-state index in [1.165, 1.54) is 0 Å². The van der Waals surface area contributed by atoms with Crippen molar-refractivity contribution < 1.29 is 0 Å². The van der Waals surface area contributed by atoms with Crippen LogP contribution < -0.4 is 10.9 Å². The summed E-state index contributed by atoms with van der Waals surface area (Å²) in [6.45, 7) is 0.280. The van der Waals surface area contributed by atoms with Crippen molar-refractivity contribution in [3.05, 3.63) is 69.2 Å². The van der Waals surface area contributed by atoms with Crippen LogP contribution in [0.15, 0.2) is 47.5 Å². The normalized spacial score (nSPS) is 10.9. The predicted molar refractivity (Wildman–Crippen MR) is 97.7 cm³/mol. The third kappa shape index (κ3) is 2.82. The fourth-order valence-electron chi connectivity index (χ4n) is 2.77. The predicted octanol–water partition coefficient (Wildman–Crippen LogP) is 3.54. The Bertz CT molecular complexity index is 1200. The highest BCUT2D eigenvalue weighted by atomic mass is 35.5. The Hall–Kier alpha value is -3.30. The first-order valence-electron chi connectivity index (χ1n) is 7.56. The van der Waals surface area contributed by atoms with Crippen LogP contribution in [-0.4, -0.2) is 15.0 Å². The highest BCUT2D eigenvalue weighted by Crippen LogP contribution is 2.22. The van der Waals surface area contributed by atoms with Gasteiger partial charge < -0.3 is 15.3 Å². The minimum absolute atomic E-state index is 0.179. The van der Waals surface area contributed by atoms with Gasteiger partial charge in [0.05, 0.1) is 28.6 Å². The van der Waals surface area contributed by atoms with Gasteiger partial charge in [-0.3, -0.25) is 4.79 Å². The maximum absolute atomic E-state index is 12.3. The van der Waals surface area contributed by atoms with E-state index in [2.05, 4.69) is 26.3 Å². The number of aromatic nitrogens is 3. The molecule has 3 N–H and O–H groups in total. The number of hydrogen-bond acceptors (Lipinski definition) is 4. The van der Waals surface area contributed by atoms with E-state index in [1.807, 2.05) is 0 Å². The summed E-state index contributed by atoms with van der Waals surface area (Å²) >= 11 is 6.01. The first kappa shape index (κ1) is 15.2. The van der Waals surface area contributed by atoms with E-state index in [0.717, 1.165) is 21.9 Å². The number of nitrogens with one attached hydrogen (secondary N) is 3. The molecule has 0 amide bonds. The van der Waals surface area contributed by atoms with Gasteiger partial charge >= 0.3 is 0 Å². The number of halogens is 1. The van der Waals surface area contributed by atoms with Crippen LogP contribution in [0, 0.1) is 11.3 Å². The van der Waals surface area contributed by atoms with E-state index >= 15 is 0 Å². The molecule has 0 aliphatic rings. The van der Waals surface area contributed by atoms with Gasteiger partial charge in [-0.1, -0.05) is 11.6 Å². The standard InChI is InChI=1S/C18H12ClN5O/c19-13-1-2-14-10(4-13)3-12(18(25)24-14)8-21-15-6-17-16(22-9-23-17)5-11(15)7-20/h1-6,9,21H,8H2,(H,22,23)(H,24,25). The molecular formula is C18H12ClN5O. The largest absolute Gasteiger partial charge is 0.380 e. The van der Waals surface area contributed by atoms with E-state index < -0.39 is 0 Å². The Kier molecular flexibility index (Phi) is 3.64. The first-order valence-corrected chi connectivity index (χ1v) is 7.94. The van der Waals surface area contributed by atoms with Gasteiger partial charge in [-0.15, -0.1) is 0 Å². The summed E-state index contributed by atoms with van der Waals surface area (Å²) in [4.78, 5) is 22.3. The third-order valence-electron chi connectivity index (χ3n) is 4.03. The van der Waals surface area contributed by atoms with Crippen molar-refractivity contribution in [1.29, 1.82) is 5.26 Å². The van der Waals surface area contributed by atoms with Crippen molar-refractivity contribution in [3.63, 3.8) is 0 Å². The molecule has 7 heteroatoms. The molecule has 4 aromatic rings. The molecule has 4 rings (SSSR count). The van der Waals surface area contributed by atoms with Gasteiger partial charge in [-0.25, -0.2) is 4.98 Å². The van der Waals surface area contributed by atoms with Crippen molar-refractivity contribution in [2.75, 3.05) is 5.32 Å². The molecule has 0 fully saturated rings. The summed E-state index contributed by atoms with van der Waals surface area (Å²) in [5.41, 5.74) is 3.77. The summed E-state index contributed by atoms with van der Waals surface area (Å²) in [6.07, 6.45) is 1.58. The molecule has 0 saturated heterocycles. The van der Waals surface area contributed by atoms with Crippen LogP contribution in [0.4, 0.5) is 5.69 Å². The Labute approximate surface area is 147 Å². The Morgan fingerprint density at radius 2 is 2.08 bits per heavy atom. The summed E-state index contributed by atoms with van der Waals surface area (Å²) in [7, 11) is 0. The highest BCUT2D eigenvalue weighted by Gasteiger charge is 2.08. The number of benzene rings is 2. The molecule has 0 atom stereocenters. The van der Waals surface area contributed by atoms with E-state index in [-0.39, 0.29) is 12.1 Å². The molecule has 0 bridgehead atoms. The number of aromatic amines is 2. The molecule has 2 aromatic carbocycles. The molecule has 25 heavy (non-hydrogen) atoms. The lowest BCUT2D eigenvalue weighted by molar-refractivity contribution is 1.09. The first-order chi connectivity index (χ1) is 12.1. The van der Waals surface area contributed by atoms with Crippen molar-refractivity contribution in [2.24, 2.45) is 0 Å². The van der Waals surface area contributed by atoms with Crippen LogP contribution in [0.3, 0.4) is 0 Å². The van der Waals surface area contributed by atoms with E-state index in [4.69, 9.17) is 11.6 Å². The molecule has 0 aliphatic carbocycles. The monoisotopic (exact) mass is 349 g/mol. The zero-order chi connectivity index (χ0) is 17.4. The average Bonchev–Trinajstić information content (AvgIpc) is 3.06. The zero-order valence-corrected chi connectivity index (χ0v) is 13.7. The lowest BCUT2D eigenvalue weighted by Gasteiger charge is -2.09. The van der Waals surface area contributed by atoms with E-state index in [0.29, 0.717) is 21.8 Å². The lowest BCUT2D eigenvalue weighted by Crippen LogP contribution is -2.16. The quantitative estimate of drug-likeness (QED) is 0.527. The second-order valence-electron chi connectivity index (χ2n) is 5.64. The third-order valence-corrected chi connectivity index (χ3v) is 4.27. The van der Waals surface area contributed by atoms with Crippen LogP contribution in [-0.2, 0) is 6.54 Å². The Balaban J connectivity index is 1.69. The van der Waals surface area contributed by atoms with Crippen molar-refractivity contribution >= 4 is 39.2 Å². The molecular weight excluding hydrogens is 338 g/mol. The number of fused-ring (bicyclic) bond motifs is 2. The van der Waals surface area contributed by atoms with Gasteiger partial charge in [0.1, 0.15) is 6.07 Å². The van der Waals surface area contributed by atoms with Gasteiger partial charge in [-0.05, 0) is 36.4 Å². The number of imidazole rings is 1. The molecule has 0 aliphatic heterocycles. The van der Waals surface area contributed by atoms with Crippen LogP contribution >= 0.6 is 11.6 Å². The second-order valence-corrected chi connectivity index (χ2v) is 6.07. The Morgan fingerprint density at radius 3 is 2.92 bits per heavy atom. The van der Waals surface area contributed by atoms with Gasteiger partial charge in [0.25, 0.3) is 5.56 Å². The van der Waals surface area contributed by atoms with Crippen LogP contribution in [0.25, 0.3) is 21.9 Å². The highest BCUT2D eigenvalue weighted by molar-refractivity contribution is 6.31. The van der Waals surface area contributed by atoms with Crippen molar-refractivity contribution in [1.82, 2.24) is 15.0 Å². The minimum Gasteiger partial charge on any atom is -0.380 e. The number of H-pyrrole nitrogens is 2. The van der Waals surface area contributed by atoms with E-state index in [9.17, 15) is 10.1 Å². The van der Waals surface area contributed by atoms with Crippen LogP contribution in [0.5, 0.6) is 0 Å². The molecule has 0 radical (unpaired) electrons. The van der Waals surface area contributed by atoms with E-state index in [1.54, 1.807) is 42.7 Å². The molecule has 0 unspecified atom stereocenters. The second kappa shape index (κ2) is 5.96. The lowest BCUT2D eigenvalue weighted by atomic mass is 10.1. The molecule has 2 aromatic heterocycles. The van der Waals surface area contributed by atoms with Gasteiger partial charge in [0.2, 0.25) is 0 Å². The molecule has 6 nitrogen and oxygen atoms in total. The number of rotatable bonds is 3. The smallest absolute Gasteiger partial charge is 0.253 e. The zero-order valence-electron chi connectivity index (χ0n) is 12.9. The van der Waals surface area contributed by atoms with Crippen molar-refractivity contribution in [3.8, 4) is 6.07 Å². The fraction of sp³-hybridized carbons (Fsp3) is 0.0556. The summed E-state index contributed by atoms with van der Waals surface area (Å²) in [5.74, 6) is 0. The molecule has 122 valence electrons. The topological polar surface area (TPSA) is 97.4 Å². The van der Waals surface area contributed by atoms with Crippen LogP contribution in [0.1, 0.15) is 11.1 Å². The number of nitrogens with zero attached hydrogens (tertiary/aromatic N) is 2. The molecule has 0 spiro atoms. The Morgan fingerprint density at radius 1 is 1.20 bits per heavy atom. The fourth-order valence-corrected chi connectivity index (χ4v) is 2.95. The number of pyridine rings is 1. The number of hydrogen-bond donors (Lipinski definition) is 3. The maximum atomic E-state index is 12.3. The average molecular weight is 350 g/mol. The number of anilines is 1. The maximum Gasteiger partial charge on any atom is 0.253 e. The minimum atomic E-state index is -0.179.